The molecule has 1 atom stereocenters. The van der Waals surface area contributed by atoms with Crippen LogP contribution < -0.4 is 10.3 Å². The summed E-state index contributed by atoms with van der Waals surface area (Å²) in [6.07, 6.45) is 2.76. The van der Waals surface area contributed by atoms with Crippen LogP contribution in [0.3, 0.4) is 0 Å². The van der Waals surface area contributed by atoms with Gasteiger partial charge in [0.15, 0.2) is 0 Å². The van der Waals surface area contributed by atoms with E-state index in [1.54, 1.807) is 21.0 Å². The van der Waals surface area contributed by atoms with Gasteiger partial charge in [0.2, 0.25) is 0 Å². The van der Waals surface area contributed by atoms with Gasteiger partial charge in [0.25, 0.3) is 5.56 Å². The first-order chi connectivity index (χ1) is 11.7. The highest BCUT2D eigenvalue weighted by atomic mass is 16.5. The Morgan fingerprint density at radius 1 is 1.36 bits per heavy atom. The average Bonchev–Trinajstić information content (AvgIpc) is 2.56. The van der Waals surface area contributed by atoms with Crippen LogP contribution in [-0.2, 0) is 6.42 Å². The van der Waals surface area contributed by atoms with Crippen molar-refractivity contribution in [1.82, 2.24) is 4.98 Å². The molecule has 0 radical (unpaired) electrons. The van der Waals surface area contributed by atoms with Gasteiger partial charge in [0, 0.05) is 5.39 Å². The van der Waals surface area contributed by atoms with Crippen molar-refractivity contribution in [2.45, 2.75) is 51.7 Å². The van der Waals surface area contributed by atoms with Crippen LogP contribution in [0.15, 0.2) is 40.7 Å². The molecule has 5 heteroatoms. The average molecular weight is 345 g/mol. The fraction of sp³-hybridized carbons (Fsp3) is 0.450. The number of rotatable bonds is 7. The van der Waals surface area contributed by atoms with Crippen LogP contribution in [0.2, 0.25) is 0 Å². The summed E-state index contributed by atoms with van der Waals surface area (Å²) in [5, 5.41) is 20.6. The van der Waals surface area contributed by atoms with Gasteiger partial charge in [0.05, 0.1) is 29.9 Å². The minimum atomic E-state index is -1.11. The molecule has 0 bridgehead atoms. The maximum Gasteiger partial charge on any atom is 0.255 e. The predicted molar refractivity (Wildman–Crippen MR) is 100 cm³/mol. The van der Waals surface area contributed by atoms with Gasteiger partial charge in [-0.2, -0.15) is 0 Å². The molecule has 2 rings (SSSR count). The van der Waals surface area contributed by atoms with E-state index in [4.69, 9.17) is 4.74 Å². The number of methoxy groups -OCH3 is 1. The highest BCUT2D eigenvalue weighted by Crippen LogP contribution is 2.26. The number of aliphatic hydroxyl groups is 2. The second-order valence-corrected chi connectivity index (χ2v) is 6.97. The number of hydrogen-bond acceptors (Lipinski definition) is 4. The Bertz CT molecular complexity index is 815. The molecular formula is C20H27NO4. The van der Waals surface area contributed by atoms with Gasteiger partial charge in [-0.1, -0.05) is 23.8 Å². The quantitative estimate of drug-likeness (QED) is 0.674. The third-order valence-corrected chi connectivity index (χ3v) is 4.45. The zero-order valence-corrected chi connectivity index (χ0v) is 15.3. The van der Waals surface area contributed by atoms with Gasteiger partial charge in [-0.05, 0) is 52.2 Å². The number of aliphatic hydroxyl groups excluding tert-OH is 1. The Morgan fingerprint density at radius 2 is 2.04 bits per heavy atom. The summed E-state index contributed by atoms with van der Waals surface area (Å²) >= 11 is 0. The van der Waals surface area contributed by atoms with E-state index >= 15 is 0 Å². The lowest BCUT2D eigenvalue weighted by Gasteiger charge is -2.24. The van der Waals surface area contributed by atoms with Gasteiger partial charge in [-0.15, -0.1) is 0 Å². The zero-order chi connectivity index (χ0) is 18.6. The van der Waals surface area contributed by atoms with Crippen molar-refractivity contribution in [1.29, 1.82) is 0 Å². The van der Waals surface area contributed by atoms with Crippen LogP contribution >= 0.6 is 0 Å². The van der Waals surface area contributed by atoms with Gasteiger partial charge >= 0.3 is 0 Å². The number of benzene rings is 1. The number of H-pyrrole nitrogens is 1. The molecule has 1 unspecified atom stereocenters. The van der Waals surface area contributed by atoms with Gasteiger partial charge in [0.1, 0.15) is 5.75 Å². The van der Waals surface area contributed by atoms with Crippen molar-refractivity contribution in [3.8, 4) is 5.75 Å². The molecule has 2 aromatic rings. The highest BCUT2D eigenvalue weighted by Gasteiger charge is 2.23. The Balaban J connectivity index is 2.20. The van der Waals surface area contributed by atoms with Crippen LogP contribution in [0.25, 0.3) is 10.9 Å². The summed E-state index contributed by atoms with van der Waals surface area (Å²) in [6.45, 7) is 5.14. The molecule has 0 aliphatic rings. The molecule has 0 saturated heterocycles. The maximum atomic E-state index is 12.4. The fourth-order valence-electron chi connectivity index (χ4n) is 2.77. The van der Waals surface area contributed by atoms with Gasteiger partial charge < -0.3 is 19.9 Å². The molecule has 0 amide bonds. The summed E-state index contributed by atoms with van der Waals surface area (Å²) in [6, 6.07) is 7.55. The third-order valence-electron chi connectivity index (χ3n) is 4.45. The number of pyridine rings is 1. The van der Waals surface area contributed by atoms with Crippen molar-refractivity contribution >= 4 is 10.9 Å². The number of allylic oxidation sites excluding steroid dienone is 2. The Labute approximate surface area is 148 Å². The number of aromatic amines is 1. The number of hydrogen-bond donors (Lipinski definition) is 3. The summed E-state index contributed by atoms with van der Waals surface area (Å²) < 4.78 is 5.49. The Kier molecular flexibility index (Phi) is 6.03. The summed E-state index contributed by atoms with van der Waals surface area (Å²) in [7, 11) is 1.57. The first-order valence-corrected chi connectivity index (χ1v) is 8.48. The molecule has 0 fully saturated rings. The van der Waals surface area contributed by atoms with Crippen molar-refractivity contribution in [2.75, 3.05) is 7.11 Å². The molecule has 0 spiro atoms. The molecule has 1 heterocycles. The van der Waals surface area contributed by atoms with E-state index < -0.39 is 11.7 Å². The lowest BCUT2D eigenvalue weighted by molar-refractivity contribution is -0.0509. The van der Waals surface area contributed by atoms with E-state index in [1.165, 1.54) is 0 Å². The second-order valence-electron chi connectivity index (χ2n) is 6.97. The number of fused-ring (bicyclic) bond motifs is 1. The molecule has 136 valence electrons. The molecule has 1 aromatic carbocycles. The van der Waals surface area contributed by atoms with Crippen LogP contribution in [0.1, 0.15) is 39.2 Å². The van der Waals surface area contributed by atoms with E-state index in [0.717, 1.165) is 16.5 Å². The highest BCUT2D eigenvalue weighted by molar-refractivity contribution is 5.86. The molecule has 25 heavy (non-hydrogen) atoms. The fourth-order valence-corrected chi connectivity index (χ4v) is 2.77. The number of ether oxygens (including phenoxy) is 1. The van der Waals surface area contributed by atoms with Crippen molar-refractivity contribution < 1.29 is 14.9 Å². The van der Waals surface area contributed by atoms with E-state index in [2.05, 4.69) is 4.98 Å². The van der Waals surface area contributed by atoms with Crippen molar-refractivity contribution in [3.63, 3.8) is 0 Å². The molecule has 5 nitrogen and oxygen atoms in total. The van der Waals surface area contributed by atoms with Crippen molar-refractivity contribution in [2.24, 2.45) is 0 Å². The van der Waals surface area contributed by atoms with E-state index in [1.807, 2.05) is 37.3 Å². The summed E-state index contributed by atoms with van der Waals surface area (Å²) in [5.74, 6) is 0.597. The van der Waals surface area contributed by atoms with E-state index in [-0.39, 0.29) is 5.56 Å². The topological polar surface area (TPSA) is 82.5 Å². The first kappa shape index (κ1) is 19.2. The van der Waals surface area contributed by atoms with Gasteiger partial charge in [-0.3, -0.25) is 4.79 Å². The van der Waals surface area contributed by atoms with Crippen LogP contribution in [-0.4, -0.2) is 34.0 Å². The Morgan fingerprint density at radius 3 is 2.68 bits per heavy atom. The summed E-state index contributed by atoms with van der Waals surface area (Å²) in [5.41, 5.74) is 1.12. The molecule has 0 saturated carbocycles. The maximum absolute atomic E-state index is 12.4. The van der Waals surface area contributed by atoms with E-state index in [9.17, 15) is 15.0 Å². The SMILES string of the molecule is COc1c(C/C=C(\C)CCC(O)C(C)(C)O)c(=O)[nH]c2ccccc12. The number of para-hydroxylation sites is 1. The Hall–Kier alpha value is -2.11. The summed E-state index contributed by atoms with van der Waals surface area (Å²) in [4.78, 5) is 15.3. The molecule has 3 N–H and O–H groups in total. The van der Waals surface area contributed by atoms with Gasteiger partial charge in [-0.25, -0.2) is 0 Å². The number of nitrogens with one attached hydrogen (secondary N) is 1. The standard InChI is InChI=1S/C20H27NO4/c1-13(10-12-17(22)20(2,3)24)9-11-15-18(25-4)14-7-5-6-8-16(14)21-19(15)23/h5-9,17,22,24H,10-12H2,1-4H3,(H,21,23)/b13-9+. The largest absolute Gasteiger partial charge is 0.496 e. The van der Waals surface area contributed by atoms with E-state index in [0.29, 0.717) is 30.6 Å². The zero-order valence-electron chi connectivity index (χ0n) is 15.3. The lowest BCUT2D eigenvalue weighted by Crippen LogP contribution is -2.35. The molecule has 0 aliphatic heterocycles. The third kappa shape index (κ3) is 4.71. The first-order valence-electron chi connectivity index (χ1n) is 8.48. The second kappa shape index (κ2) is 7.85. The number of aromatic nitrogens is 1. The molecule has 0 aliphatic carbocycles. The van der Waals surface area contributed by atoms with Crippen molar-refractivity contribution in [3.05, 3.63) is 51.8 Å². The molecule has 1 aromatic heterocycles. The predicted octanol–water partition coefficient (Wildman–Crippen LogP) is 2.94. The molecular weight excluding hydrogens is 318 g/mol. The monoisotopic (exact) mass is 345 g/mol. The van der Waals surface area contributed by atoms with Crippen LogP contribution in [0.4, 0.5) is 0 Å². The van der Waals surface area contributed by atoms with Crippen LogP contribution in [0, 0.1) is 0 Å². The van der Waals surface area contributed by atoms with Crippen LogP contribution in [0.5, 0.6) is 5.75 Å². The lowest BCUT2D eigenvalue weighted by atomic mass is 9.95. The normalized spacial score (nSPS) is 13.9. The minimum absolute atomic E-state index is 0.156. The smallest absolute Gasteiger partial charge is 0.255 e. The minimum Gasteiger partial charge on any atom is -0.496 e.